The maximum atomic E-state index is 10.3. The molecule has 0 aromatic carbocycles. The normalized spacial score (nSPS) is 19.4. The maximum absolute atomic E-state index is 10.3. The van der Waals surface area contributed by atoms with Gasteiger partial charge in [0.25, 0.3) is 0 Å². The van der Waals surface area contributed by atoms with E-state index in [-0.39, 0.29) is 0 Å². The standard InChI is InChI=1S/C13H23N3O/c1-16-10-6-12(15-16)5-9-14-11-13(17)7-3-2-4-8-13/h6,10,14,17H,2-5,7-9,11H2,1H3. The SMILES string of the molecule is Cn1ccc(CCNCC2(O)CCCCC2)n1. The quantitative estimate of drug-likeness (QED) is 0.758. The summed E-state index contributed by atoms with van der Waals surface area (Å²) in [6, 6.07) is 2.04. The van der Waals surface area contributed by atoms with Crippen LogP contribution in [0.5, 0.6) is 0 Å². The van der Waals surface area contributed by atoms with E-state index in [1.54, 1.807) is 0 Å². The second kappa shape index (κ2) is 5.65. The van der Waals surface area contributed by atoms with Crippen molar-refractivity contribution in [3.63, 3.8) is 0 Å². The van der Waals surface area contributed by atoms with Crippen LogP contribution in [0.4, 0.5) is 0 Å². The lowest BCUT2D eigenvalue weighted by Crippen LogP contribution is -2.42. The first-order valence-corrected chi connectivity index (χ1v) is 6.60. The first-order chi connectivity index (χ1) is 8.18. The highest BCUT2D eigenvalue weighted by molar-refractivity contribution is 4.99. The van der Waals surface area contributed by atoms with Crippen LogP contribution in [-0.2, 0) is 13.5 Å². The van der Waals surface area contributed by atoms with Crippen LogP contribution in [0.15, 0.2) is 12.3 Å². The largest absolute Gasteiger partial charge is 0.389 e. The Hall–Kier alpha value is -0.870. The third-order valence-corrected chi connectivity index (χ3v) is 3.57. The van der Waals surface area contributed by atoms with Crippen molar-refractivity contribution in [1.82, 2.24) is 15.1 Å². The molecule has 0 saturated heterocycles. The maximum Gasteiger partial charge on any atom is 0.0771 e. The number of hydrogen-bond donors (Lipinski definition) is 2. The number of aromatic nitrogens is 2. The summed E-state index contributed by atoms with van der Waals surface area (Å²) in [6.07, 6.45) is 8.39. The topological polar surface area (TPSA) is 50.1 Å². The lowest BCUT2D eigenvalue weighted by Gasteiger charge is -2.32. The Bertz CT molecular complexity index is 342. The van der Waals surface area contributed by atoms with E-state index in [2.05, 4.69) is 10.4 Å². The van der Waals surface area contributed by atoms with Crippen molar-refractivity contribution >= 4 is 0 Å². The monoisotopic (exact) mass is 237 g/mol. The Morgan fingerprint density at radius 3 is 2.82 bits per heavy atom. The van der Waals surface area contributed by atoms with Gasteiger partial charge in [0.1, 0.15) is 0 Å². The van der Waals surface area contributed by atoms with Gasteiger partial charge < -0.3 is 10.4 Å². The molecule has 17 heavy (non-hydrogen) atoms. The number of aryl methyl sites for hydroxylation is 1. The lowest BCUT2D eigenvalue weighted by atomic mass is 9.85. The summed E-state index contributed by atoms with van der Waals surface area (Å²) in [5, 5.41) is 18.0. The molecule has 1 saturated carbocycles. The highest BCUT2D eigenvalue weighted by Gasteiger charge is 2.28. The second-order valence-electron chi connectivity index (χ2n) is 5.19. The Kier molecular flexibility index (Phi) is 4.18. The fraction of sp³-hybridized carbons (Fsp3) is 0.769. The van der Waals surface area contributed by atoms with E-state index in [0.29, 0.717) is 0 Å². The van der Waals surface area contributed by atoms with Crippen LogP contribution in [0, 0.1) is 0 Å². The van der Waals surface area contributed by atoms with E-state index in [1.165, 1.54) is 19.3 Å². The first-order valence-electron chi connectivity index (χ1n) is 6.60. The molecule has 96 valence electrons. The average molecular weight is 237 g/mol. The van der Waals surface area contributed by atoms with Gasteiger partial charge in [0.05, 0.1) is 11.3 Å². The van der Waals surface area contributed by atoms with Gasteiger partial charge in [-0.25, -0.2) is 0 Å². The molecule has 1 heterocycles. The van der Waals surface area contributed by atoms with Crippen molar-refractivity contribution < 1.29 is 5.11 Å². The van der Waals surface area contributed by atoms with Gasteiger partial charge in [-0.2, -0.15) is 5.10 Å². The van der Waals surface area contributed by atoms with Crippen LogP contribution < -0.4 is 5.32 Å². The molecule has 1 fully saturated rings. The summed E-state index contributed by atoms with van der Waals surface area (Å²) < 4.78 is 1.82. The zero-order valence-corrected chi connectivity index (χ0v) is 10.7. The fourth-order valence-corrected chi connectivity index (χ4v) is 2.52. The number of nitrogens with zero attached hydrogens (tertiary/aromatic N) is 2. The smallest absolute Gasteiger partial charge is 0.0771 e. The molecule has 2 N–H and O–H groups in total. The van der Waals surface area contributed by atoms with E-state index in [1.807, 2.05) is 24.0 Å². The Balaban J connectivity index is 1.65. The number of aliphatic hydroxyl groups is 1. The minimum atomic E-state index is -0.456. The van der Waals surface area contributed by atoms with Crippen molar-refractivity contribution in [1.29, 1.82) is 0 Å². The van der Waals surface area contributed by atoms with Crippen LogP contribution in [0.1, 0.15) is 37.8 Å². The highest BCUT2D eigenvalue weighted by Crippen LogP contribution is 2.27. The Morgan fingerprint density at radius 2 is 2.18 bits per heavy atom. The third-order valence-electron chi connectivity index (χ3n) is 3.57. The number of nitrogens with one attached hydrogen (secondary N) is 1. The van der Waals surface area contributed by atoms with Gasteiger partial charge in [-0.15, -0.1) is 0 Å². The number of rotatable bonds is 5. The van der Waals surface area contributed by atoms with E-state index in [0.717, 1.165) is 38.0 Å². The van der Waals surface area contributed by atoms with Crippen LogP contribution in [0.25, 0.3) is 0 Å². The molecule has 1 aliphatic rings. The lowest BCUT2D eigenvalue weighted by molar-refractivity contribution is 0.00516. The molecule has 4 heteroatoms. The van der Waals surface area contributed by atoms with Crippen LogP contribution in [0.2, 0.25) is 0 Å². The molecule has 1 aliphatic carbocycles. The molecular formula is C13H23N3O. The molecular weight excluding hydrogens is 214 g/mol. The van der Waals surface area contributed by atoms with Gasteiger partial charge in [0.15, 0.2) is 0 Å². The molecule has 0 radical (unpaired) electrons. The van der Waals surface area contributed by atoms with Gasteiger partial charge >= 0.3 is 0 Å². The molecule has 4 nitrogen and oxygen atoms in total. The summed E-state index contributed by atoms with van der Waals surface area (Å²) in [5.74, 6) is 0. The predicted molar refractivity (Wildman–Crippen MR) is 67.8 cm³/mol. The van der Waals surface area contributed by atoms with Gasteiger partial charge in [0, 0.05) is 32.8 Å². The number of hydrogen-bond acceptors (Lipinski definition) is 3. The molecule has 0 unspecified atom stereocenters. The highest BCUT2D eigenvalue weighted by atomic mass is 16.3. The zero-order valence-electron chi connectivity index (χ0n) is 10.7. The van der Waals surface area contributed by atoms with Gasteiger partial charge in [-0.1, -0.05) is 19.3 Å². The molecule has 1 aromatic rings. The van der Waals surface area contributed by atoms with Crippen molar-refractivity contribution in [2.75, 3.05) is 13.1 Å². The van der Waals surface area contributed by atoms with Crippen molar-refractivity contribution in [3.05, 3.63) is 18.0 Å². The minimum absolute atomic E-state index is 0.456. The van der Waals surface area contributed by atoms with Crippen LogP contribution in [0.3, 0.4) is 0 Å². The van der Waals surface area contributed by atoms with E-state index >= 15 is 0 Å². The van der Waals surface area contributed by atoms with E-state index in [4.69, 9.17) is 0 Å². The van der Waals surface area contributed by atoms with Crippen molar-refractivity contribution in [2.24, 2.45) is 7.05 Å². The van der Waals surface area contributed by atoms with Gasteiger partial charge in [-0.3, -0.25) is 4.68 Å². The Labute approximate surface area is 103 Å². The zero-order chi connectivity index (χ0) is 12.1. The van der Waals surface area contributed by atoms with Crippen molar-refractivity contribution in [2.45, 2.75) is 44.1 Å². The minimum Gasteiger partial charge on any atom is -0.389 e. The summed E-state index contributed by atoms with van der Waals surface area (Å²) in [4.78, 5) is 0. The van der Waals surface area contributed by atoms with E-state index in [9.17, 15) is 5.11 Å². The summed E-state index contributed by atoms with van der Waals surface area (Å²) in [6.45, 7) is 1.61. The molecule has 0 spiro atoms. The van der Waals surface area contributed by atoms with Crippen LogP contribution >= 0.6 is 0 Å². The summed E-state index contributed by atoms with van der Waals surface area (Å²) in [5.41, 5.74) is 0.651. The second-order valence-corrected chi connectivity index (χ2v) is 5.19. The summed E-state index contributed by atoms with van der Waals surface area (Å²) in [7, 11) is 1.93. The first kappa shape index (κ1) is 12.6. The molecule has 0 aliphatic heterocycles. The molecule has 0 atom stereocenters. The average Bonchev–Trinajstić information content (AvgIpc) is 2.72. The molecule has 1 aromatic heterocycles. The summed E-state index contributed by atoms with van der Waals surface area (Å²) >= 11 is 0. The predicted octanol–water partition coefficient (Wildman–Crippen LogP) is 1.25. The molecule has 0 amide bonds. The van der Waals surface area contributed by atoms with Crippen LogP contribution in [-0.4, -0.2) is 33.6 Å². The molecule has 0 bridgehead atoms. The fourth-order valence-electron chi connectivity index (χ4n) is 2.52. The Morgan fingerprint density at radius 1 is 1.41 bits per heavy atom. The van der Waals surface area contributed by atoms with Gasteiger partial charge in [0.2, 0.25) is 0 Å². The molecule has 2 rings (SSSR count). The van der Waals surface area contributed by atoms with E-state index < -0.39 is 5.60 Å². The third kappa shape index (κ3) is 3.82. The van der Waals surface area contributed by atoms with Crippen molar-refractivity contribution in [3.8, 4) is 0 Å². The van der Waals surface area contributed by atoms with Gasteiger partial charge in [-0.05, 0) is 18.9 Å².